The van der Waals surface area contributed by atoms with Crippen LogP contribution in [-0.4, -0.2) is 17.2 Å². The second-order valence-corrected chi connectivity index (χ2v) is 3.23. The van der Waals surface area contributed by atoms with Gasteiger partial charge in [-0.3, -0.25) is 0 Å². The molecule has 4 nitrogen and oxygen atoms in total. The van der Waals surface area contributed by atoms with E-state index in [9.17, 15) is 4.79 Å². The van der Waals surface area contributed by atoms with Gasteiger partial charge >= 0.3 is 5.97 Å². The number of rotatable bonds is 2. The highest BCUT2D eigenvalue weighted by atomic mass is 17.3. The van der Waals surface area contributed by atoms with Gasteiger partial charge in [0.25, 0.3) is 5.60 Å². The van der Waals surface area contributed by atoms with Crippen LogP contribution in [-0.2, 0) is 20.2 Å². The molecule has 1 aromatic rings. The van der Waals surface area contributed by atoms with Crippen molar-refractivity contribution in [1.82, 2.24) is 0 Å². The molecule has 0 aromatic heterocycles. The SMILES string of the molecule is CC1OOC1(C(=O)O)c1ccccc1. The highest BCUT2D eigenvalue weighted by Gasteiger charge is 2.57. The summed E-state index contributed by atoms with van der Waals surface area (Å²) in [5.41, 5.74) is -0.729. The quantitative estimate of drug-likeness (QED) is 0.721. The summed E-state index contributed by atoms with van der Waals surface area (Å²) in [5.74, 6) is -1.03. The number of aliphatic carboxylic acids is 1. The van der Waals surface area contributed by atoms with E-state index in [4.69, 9.17) is 9.99 Å². The summed E-state index contributed by atoms with van der Waals surface area (Å²) >= 11 is 0. The molecule has 1 aliphatic rings. The maximum absolute atomic E-state index is 11.1. The van der Waals surface area contributed by atoms with Gasteiger partial charge in [0.15, 0.2) is 0 Å². The Labute approximate surface area is 81.0 Å². The molecule has 14 heavy (non-hydrogen) atoms. The monoisotopic (exact) mass is 194 g/mol. The highest BCUT2D eigenvalue weighted by Crippen LogP contribution is 2.40. The van der Waals surface area contributed by atoms with Crippen molar-refractivity contribution < 1.29 is 19.7 Å². The van der Waals surface area contributed by atoms with Gasteiger partial charge in [0, 0.05) is 5.56 Å². The van der Waals surface area contributed by atoms with Crippen LogP contribution in [0.1, 0.15) is 12.5 Å². The van der Waals surface area contributed by atoms with E-state index in [1.165, 1.54) is 0 Å². The summed E-state index contributed by atoms with van der Waals surface area (Å²) in [5, 5.41) is 9.10. The predicted octanol–water partition coefficient (Wildman–Crippen LogP) is 1.32. The topological polar surface area (TPSA) is 55.8 Å². The zero-order chi connectivity index (χ0) is 10.2. The van der Waals surface area contributed by atoms with E-state index in [0.717, 1.165) is 0 Å². The smallest absolute Gasteiger partial charge is 0.347 e. The Kier molecular flexibility index (Phi) is 2.02. The molecule has 2 rings (SSSR count). The van der Waals surface area contributed by atoms with E-state index < -0.39 is 17.7 Å². The highest BCUT2D eigenvalue weighted by molar-refractivity contribution is 5.80. The molecule has 0 amide bonds. The molecule has 0 aliphatic carbocycles. The second-order valence-electron chi connectivity index (χ2n) is 3.23. The average Bonchev–Trinajstić information content (AvgIpc) is 2.17. The molecule has 4 heteroatoms. The van der Waals surface area contributed by atoms with Crippen LogP contribution in [0.25, 0.3) is 0 Å². The summed E-state index contributed by atoms with van der Waals surface area (Å²) in [6, 6.07) is 8.80. The molecule has 1 saturated heterocycles. The Hall–Kier alpha value is -1.39. The molecule has 0 spiro atoms. The van der Waals surface area contributed by atoms with Gasteiger partial charge in [-0.15, -0.1) is 0 Å². The lowest BCUT2D eigenvalue weighted by molar-refractivity contribution is -0.500. The first-order chi connectivity index (χ1) is 6.68. The fourth-order valence-corrected chi connectivity index (χ4v) is 1.54. The van der Waals surface area contributed by atoms with Gasteiger partial charge < -0.3 is 5.11 Å². The Balaban J connectivity index is 2.43. The molecular weight excluding hydrogens is 184 g/mol. The normalized spacial score (nSPS) is 30.8. The Bertz CT molecular complexity index is 348. The largest absolute Gasteiger partial charge is 0.479 e. The van der Waals surface area contributed by atoms with Crippen molar-refractivity contribution in [2.45, 2.75) is 18.6 Å². The second kappa shape index (κ2) is 3.08. The summed E-state index contributed by atoms with van der Waals surface area (Å²) in [7, 11) is 0. The van der Waals surface area contributed by atoms with Gasteiger partial charge in [-0.25, -0.2) is 14.6 Å². The molecule has 1 aromatic carbocycles. The van der Waals surface area contributed by atoms with E-state index >= 15 is 0 Å². The number of benzene rings is 1. The molecule has 1 fully saturated rings. The minimum atomic E-state index is -1.33. The van der Waals surface area contributed by atoms with Crippen LogP contribution in [0.4, 0.5) is 0 Å². The lowest BCUT2D eigenvalue weighted by Gasteiger charge is -2.41. The van der Waals surface area contributed by atoms with Crippen LogP contribution < -0.4 is 0 Å². The fraction of sp³-hybridized carbons (Fsp3) is 0.300. The summed E-state index contributed by atoms with van der Waals surface area (Å²) in [4.78, 5) is 20.6. The molecule has 74 valence electrons. The van der Waals surface area contributed by atoms with Crippen LogP contribution in [0.3, 0.4) is 0 Å². The molecular formula is C10H10O4. The van der Waals surface area contributed by atoms with E-state index in [-0.39, 0.29) is 0 Å². The van der Waals surface area contributed by atoms with Crippen LogP contribution in [0.2, 0.25) is 0 Å². The van der Waals surface area contributed by atoms with E-state index in [1.807, 2.05) is 6.07 Å². The number of carbonyl (C=O) groups is 1. The zero-order valence-corrected chi connectivity index (χ0v) is 7.64. The third-order valence-electron chi connectivity index (χ3n) is 2.42. The zero-order valence-electron chi connectivity index (χ0n) is 7.64. The van der Waals surface area contributed by atoms with Crippen molar-refractivity contribution in [3.8, 4) is 0 Å². The number of hydrogen-bond donors (Lipinski definition) is 1. The molecule has 0 bridgehead atoms. The van der Waals surface area contributed by atoms with Gasteiger partial charge in [0.2, 0.25) is 0 Å². The van der Waals surface area contributed by atoms with Gasteiger partial charge in [0.1, 0.15) is 6.10 Å². The van der Waals surface area contributed by atoms with Crippen molar-refractivity contribution >= 4 is 5.97 Å². The summed E-state index contributed by atoms with van der Waals surface area (Å²) in [6.45, 7) is 1.67. The number of carboxylic acids is 1. The van der Waals surface area contributed by atoms with Crippen molar-refractivity contribution in [3.63, 3.8) is 0 Å². The lowest BCUT2D eigenvalue weighted by atomic mass is 9.87. The molecule has 2 atom stereocenters. The van der Waals surface area contributed by atoms with Crippen molar-refractivity contribution in [1.29, 1.82) is 0 Å². The average molecular weight is 194 g/mol. The van der Waals surface area contributed by atoms with Crippen LogP contribution in [0.5, 0.6) is 0 Å². The van der Waals surface area contributed by atoms with E-state index in [2.05, 4.69) is 4.89 Å². The van der Waals surface area contributed by atoms with Gasteiger partial charge in [-0.2, -0.15) is 0 Å². The molecule has 1 N–H and O–H groups in total. The third-order valence-corrected chi connectivity index (χ3v) is 2.42. The molecule has 2 unspecified atom stereocenters. The fourth-order valence-electron chi connectivity index (χ4n) is 1.54. The first-order valence-electron chi connectivity index (χ1n) is 4.31. The van der Waals surface area contributed by atoms with Crippen LogP contribution in [0.15, 0.2) is 30.3 Å². The maximum Gasteiger partial charge on any atom is 0.347 e. The first kappa shape index (κ1) is 9.18. The Morgan fingerprint density at radius 2 is 2.07 bits per heavy atom. The van der Waals surface area contributed by atoms with Gasteiger partial charge in [0.05, 0.1) is 0 Å². The molecule has 1 aliphatic heterocycles. The lowest BCUT2D eigenvalue weighted by Crippen LogP contribution is -2.57. The molecule has 0 saturated carbocycles. The predicted molar refractivity (Wildman–Crippen MR) is 47.4 cm³/mol. The minimum absolute atomic E-state index is 0.470. The summed E-state index contributed by atoms with van der Waals surface area (Å²) < 4.78 is 0. The molecule has 0 radical (unpaired) electrons. The Morgan fingerprint density at radius 1 is 1.43 bits per heavy atom. The molecule has 1 heterocycles. The van der Waals surface area contributed by atoms with Crippen LogP contribution in [0, 0.1) is 0 Å². The van der Waals surface area contributed by atoms with Crippen molar-refractivity contribution in [3.05, 3.63) is 35.9 Å². The first-order valence-corrected chi connectivity index (χ1v) is 4.31. The standard InChI is InChI=1S/C10H10O4/c1-7-10(9(11)12,14-13-7)8-5-3-2-4-6-8/h2-7H,1H3,(H,11,12). The van der Waals surface area contributed by atoms with Crippen molar-refractivity contribution in [2.75, 3.05) is 0 Å². The third kappa shape index (κ3) is 1.05. The van der Waals surface area contributed by atoms with E-state index in [0.29, 0.717) is 5.56 Å². The Morgan fingerprint density at radius 3 is 2.43 bits per heavy atom. The minimum Gasteiger partial charge on any atom is -0.479 e. The summed E-state index contributed by atoms with van der Waals surface area (Å²) in [6.07, 6.45) is -0.470. The van der Waals surface area contributed by atoms with Gasteiger partial charge in [-0.05, 0) is 6.92 Å². The number of carboxylic acid groups (broad SMARTS) is 1. The van der Waals surface area contributed by atoms with Gasteiger partial charge in [-0.1, -0.05) is 30.3 Å². The van der Waals surface area contributed by atoms with Crippen molar-refractivity contribution in [2.24, 2.45) is 0 Å². The maximum atomic E-state index is 11.1. The van der Waals surface area contributed by atoms with Crippen LogP contribution >= 0.6 is 0 Å². The van der Waals surface area contributed by atoms with E-state index in [1.54, 1.807) is 31.2 Å². The number of hydrogen-bond acceptors (Lipinski definition) is 3.